The van der Waals surface area contributed by atoms with Gasteiger partial charge in [0.1, 0.15) is 0 Å². The summed E-state index contributed by atoms with van der Waals surface area (Å²) in [6.07, 6.45) is 0. The molecule has 62 valence electrons. The van der Waals surface area contributed by atoms with Crippen molar-refractivity contribution in [3.63, 3.8) is 0 Å². The normalized spacial score (nSPS) is 10.2. The van der Waals surface area contributed by atoms with Crippen LogP contribution in [0.25, 0.3) is 0 Å². The number of hydrogen-bond donors (Lipinski definition) is 0. The van der Waals surface area contributed by atoms with Crippen LogP contribution < -0.4 is 0 Å². The van der Waals surface area contributed by atoms with Gasteiger partial charge in [0, 0.05) is 11.0 Å². The Morgan fingerprint density at radius 3 is 2.08 bits per heavy atom. The Labute approximate surface area is 74.6 Å². The first-order valence-corrected chi connectivity index (χ1v) is 4.16. The highest BCUT2D eigenvalue weighted by atomic mass is 14.1. The van der Waals surface area contributed by atoms with Crippen LogP contribution in [0.3, 0.4) is 0 Å². The third kappa shape index (κ3) is 3.25. The van der Waals surface area contributed by atoms with Crippen molar-refractivity contribution in [2.75, 3.05) is 0 Å². The van der Waals surface area contributed by atoms with Crippen LogP contribution in [0.1, 0.15) is 26.3 Å². The first kappa shape index (κ1) is 8.87. The lowest BCUT2D eigenvalue weighted by Gasteiger charge is -2.06. The predicted octanol–water partition coefficient (Wildman–Crippen LogP) is 3.08. The van der Waals surface area contributed by atoms with Gasteiger partial charge in [0.25, 0.3) is 0 Å². The van der Waals surface area contributed by atoms with Crippen LogP contribution in [0, 0.1) is 17.3 Å². The summed E-state index contributed by atoms with van der Waals surface area (Å²) in [5.74, 6) is 6.32. The van der Waals surface area contributed by atoms with E-state index in [-0.39, 0.29) is 5.41 Å². The Kier molecular flexibility index (Phi) is 2.55. The molecule has 1 aromatic carbocycles. The zero-order valence-corrected chi connectivity index (χ0v) is 7.89. The molecule has 0 heteroatoms. The Balaban J connectivity index is 2.81. The van der Waals surface area contributed by atoms with E-state index < -0.39 is 0 Å². The van der Waals surface area contributed by atoms with Gasteiger partial charge in [-0.1, -0.05) is 30.0 Å². The second-order valence-electron chi connectivity index (χ2n) is 3.87. The summed E-state index contributed by atoms with van der Waals surface area (Å²) < 4.78 is 0. The molecule has 0 N–H and O–H groups in total. The van der Waals surface area contributed by atoms with E-state index in [9.17, 15) is 0 Å². The molecule has 0 bridgehead atoms. The van der Waals surface area contributed by atoms with Crippen LogP contribution in [0.4, 0.5) is 0 Å². The van der Waals surface area contributed by atoms with E-state index in [0.717, 1.165) is 5.56 Å². The minimum atomic E-state index is 0.0931. The van der Waals surface area contributed by atoms with E-state index in [4.69, 9.17) is 0 Å². The van der Waals surface area contributed by atoms with Crippen molar-refractivity contribution in [3.8, 4) is 11.8 Å². The molecule has 0 radical (unpaired) electrons. The highest BCUT2D eigenvalue weighted by Gasteiger charge is 2.02. The van der Waals surface area contributed by atoms with Crippen LogP contribution in [0.5, 0.6) is 0 Å². The smallest absolute Gasteiger partial charge is 0.0245 e. The molecule has 0 saturated heterocycles. The Bertz CT molecular complexity index is 290. The summed E-state index contributed by atoms with van der Waals surface area (Å²) in [5, 5.41) is 0. The van der Waals surface area contributed by atoms with Crippen LogP contribution >= 0.6 is 0 Å². The van der Waals surface area contributed by atoms with Crippen LogP contribution in [-0.4, -0.2) is 0 Å². The monoisotopic (exact) mass is 158 g/mol. The van der Waals surface area contributed by atoms with E-state index in [1.165, 1.54) is 0 Å². The molecule has 0 aliphatic carbocycles. The topological polar surface area (TPSA) is 0 Å². The highest BCUT2D eigenvalue weighted by Crippen LogP contribution is 2.10. The summed E-state index contributed by atoms with van der Waals surface area (Å²) >= 11 is 0. The Morgan fingerprint density at radius 2 is 1.58 bits per heavy atom. The van der Waals surface area contributed by atoms with E-state index in [1.807, 2.05) is 30.3 Å². The van der Waals surface area contributed by atoms with Crippen molar-refractivity contribution in [2.45, 2.75) is 20.8 Å². The van der Waals surface area contributed by atoms with Gasteiger partial charge < -0.3 is 0 Å². The van der Waals surface area contributed by atoms with Gasteiger partial charge in [0.15, 0.2) is 0 Å². The molecule has 0 unspecified atom stereocenters. The molecular formula is C12H14. The molecule has 0 heterocycles. The highest BCUT2D eigenvalue weighted by molar-refractivity contribution is 5.34. The minimum Gasteiger partial charge on any atom is -0.0920 e. The van der Waals surface area contributed by atoms with Crippen LogP contribution in [-0.2, 0) is 0 Å². The molecule has 0 saturated carbocycles. The zero-order valence-electron chi connectivity index (χ0n) is 7.89. The van der Waals surface area contributed by atoms with Crippen molar-refractivity contribution >= 4 is 0 Å². The molecule has 0 aromatic heterocycles. The minimum absolute atomic E-state index is 0.0931. The second-order valence-corrected chi connectivity index (χ2v) is 3.87. The van der Waals surface area contributed by atoms with Gasteiger partial charge in [-0.05, 0) is 32.9 Å². The van der Waals surface area contributed by atoms with Crippen molar-refractivity contribution in [3.05, 3.63) is 35.9 Å². The van der Waals surface area contributed by atoms with Crippen LogP contribution in [0.15, 0.2) is 30.3 Å². The fourth-order valence-electron chi connectivity index (χ4n) is 0.781. The fourth-order valence-corrected chi connectivity index (χ4v) is 0.781. The molecule has 0 aliphatic rings. The average Bonchev–Trinajstić information content (AvgIpc) is 2.02. The summed E-state index contributed by atoms with van der Waals surface area (Å²) in [6, 6.07) is 10.1. The Hall–Kier alpha value is -1.22. The largest absolute Gasteiger partial charge is 0.0920 e. The van der Waals surface area contributed by atoms with Crippen molar-refractivity contribution in [1.82, 2.24) is 0 Å². The zero-order chi connectivity index (χ0) is 9.03. The molecule has 0 nitrogen and oxygen atoms in total. The van der Waals surface area contributed by atoms with Crippen molar-refractivity contribution in [2.24, 2.45) is 5.41 Å². The van der Waals surface area contributed by atoms with E-state index >= 15 is 0 Å². The van der Waals surface area contributed by atoms with E-state index in [0.29, 0.717) is 0 Å². The third-order valence-electron chi connectivity index (χ3n) is 1.36. The Morgan fingerprint density at radius 1 is 1.00 bits per heavy atom. The quantitative estimate of drug-likeness (QED) is 0.509. The maximum atomic E-state index is 3.19. The summed E-state index contributed by atoms with van der Waals surface area (Å²) in [7, 11) is 0. The third-order valence-corrected chi connectivity index (χ3v) is 1.36. The molecule has 0 fully saturated rings. The summed E-state index contributed by atoms with van der Waals surface area (Å²) in [6.45, 7) is 6.34. The maximum absolute atomic E-state index is 3.19. The number of rotatable bonds is 0. The SMILES string of the molecule is CC(C)(C)C#Cc1ccccc1. The fraction of sp³-hybridized carbons (Fsp3) is 0.333. The van der Waals surface area contributed by atoms with Gasteiger partial charge >= 0.3 is 0 Å². The molecule has 0 spiro atoms. The molecule has 1 aromatic rings. The van der Waals surface area contributed by atoms with E-state index in [2.05, 4.69) is 32.6 Å². The predicted molar refractivity (Wildman–Crippen MR) is 52.8 cm³/mol. The lowest BCUT2D eigenvalue weighted by molar-refractivity contribution is 0.571. The maximum Gasteiger partial charge on any atom is 0.0245 e. The van der Waals surface area contributed by atoms with Gasteiger partial charge in [-0.3, -0.25) is 0 Å². The van der Waals surface area contributed by atoms with Crippen LogP contribution in [0.2, 0.25) is 0 Å². The van der Waals surface area contributed by atoms with Gasteiger partial charge in [0.2, 0.25) is 0 Å². The van der Waals surface area contributed by atoms with Gasteiger partial charge in [-0.15, -0.1) is 0 Å². The van der Waals surface area contributed by atoms with E-state index in [1.54, 1.807) is 0 Å². The summed E-state index contributed by atoms with van der Waals surface area (Å²) in [4.78, 5) is 0. The van der Waals surface area contributed by atoms with Crippen molar-refractivity contribution in [1.29, 1.82) is 0 Å². The second kappa shape index (κ2) is 3.45. The molecule has 1 rings (SSSR count). The first-order valence-electron chi connectivity index (χ1n) is 4.16. The number of benzene rings is 1. The molecule has 0 amide bonds. The molecule has 0 atom stereocenters. The van der Waals surface area contributed by atoms with Gasteiger partial charge in [0.05, 0.1) is 0 Å². The lowest BCUT2D eigenvalue weighted by atomic mass is 9.97. The molecule has 0 aliphatic heterocycles. The number of hydrogen-bond acceptors (Lipinski definition) is 0. The van der Waals surface area contributed by atoms with Gasteiger partial charge in [-0.25, -0.2) is 0 Å². The first-order chi connectivity index (χ1) is 5.58. The van der Waals surface area contributed by atoms with Crippen molar-refractivity contribution < 1.29 is 0 Å². The summed E-state index contributed by atoms with van der Waals surface area (Å²) in [5.41, 5.74) is 1.18. The standard InChI is InChI=1S/C12H14/c1-12(2,3)10-9-11-7-5-4-6-8-11/h4-8H,1-3H3. The lowest BCUT2D eigenvalue weighted by Crippen LogP contribution is -1.99. The molecule has 12 heavy (non-hydrogen) atoms. The molecular weight excluding hydrogens is 144 g/mol. The average molecular weight is 158 g/mol. The van der Waals surface area contributed by atoms with Gasteiger partial charge in [-0.2, -0.15) is 0 Å².